The molecule has 0 aliphatic heterocycles. The second-order valence-corrected chi connectivity index (χ2v) is 6.38. The molecular formula is C15H18F3N3O. The van der Waals surface area contributed by atoms with Crippen molar-refractivity contribution in [3.05, 3.63) is 29.6 Å². The van der Waals surface area contributed by atoms with Gasteiger partial charge in [0.2, 0.25) is 0 Å². The number of nitrogens with two attached hydrogens (primary N) is 1. The second kappa shape index (κ2) is 5.22. The number of halogens is 3. The molecule has 0 aromatic carbocycles. The van der Waals surface area contributed by atoms with Crippen LogP contribution < -0.4 is 11.1 Å². The van der Waals surface area contributed by atoms with Crippen molar-refractivity contribution in [2.45, 2.75) is 50.4 Å². The molecule has 3 N–H and O–H groups in total. The molecule has 0 saturated heterocycles. The summed E-state index contributed by atoms with van der Waals surface area (Å²) in [6.07, 6.45) is 2.02. The summed E-state index contributed by atoms with van der Waals surface area (Å²) in [6.45, 7) is 0. The van der Waals surface area contributed by atoms with Crippen molar-refractivity contribution in [1.29, 1.82) is 0 Å². The number of amides is 1. The smallest absolute Gasteiger partial charge is 0.349 e. The van der Waals surface area contributed by atoms with Gasteiger partial charge in [-0.2, -0.15) is 13.2 Å². The Morgan fingerprint density at radius 1 is 1.32 bits per heavy atom. The standard InChI is InChI=1S/C15H18F3N3O/c16-15(17,18)10-5-9(7-20-8-10)13(22)21-11-1-3-14(4-2-11)6-12(14)19/h5,7-8,11-12H,1-4,6,19H2,(H,21,22). The van der Waals surface area contributed by atoms with E-state index in [1.165, 1.54) is 0 Å². The van der Waals surface area contributed by atoms with Crippen molar-refractivity contribution >= 4 is 5.91 Å². The van der Waals surface area contributed by atoms with Gasteiger partial charge in [0.05, 0.1) is 11.1 Å². The van der Waals surface area contributed by atoms with Crippen LogP contribution in [-0.2, 0) is 6.18 Å². The molecule has 2 fully saturated rings. The van der Waals surface area contributed by atoms with Crippen molar-refractivity contribution in [3.8, 4) is 0 Å². The van der Waals surface area contributed by atoms with Crippen LogP contribution in [0.25, 0.3) is 0 Å². The maximum Gasteiger partial charge on any atom is 0.417 e. The number of nitrogens with zero attached hydrogens (tertiary/aromatic N) is 1. The van der Waals surface area contributed by atoms with E-state index >= 15 is 0 Å². The lowest BCUT2D eigenvalue weighted by atomic mass is 9.83. The van der Waals surface area contributed by atoms with Gasteiger partial charge < -0.3 is 11.1 Å². The third kappa shape index (κ3) is 2.95. The van der Waals surface area contributed by atoms with Gasteiger partial charge in [0.25, 0.3) is 5.91 Å². The summed E-state index contributed by atoms with van der Waals surface area (Å²) >= 11 is 0. The number of pyridine rings is 1. The number of alkyl halides is 3. The first-order valence-electron chi connectivity index (χ1n) is 7.39. The monoisotopic (exact) mass is 313 g/mol. The van der Waals surface area contributed by atoms with Crippen LogP contribution in [0.1, 0.15) is 48.0 Å². The molecule has 2 aliphatic rings. The molecule has 4 nitrogen and oxygen atoms in total. The number of carbonyl (C=O) groups excluding carboxylic acids is 1. The van der Waals surface area contributed by atoms with Crippen molar-refractivity contribution < 1.29 is 18.0 Å². The van der Waals surface area contributed by atoms with Crippen molar-refractivity contribution in [2.75, 3.05) is 0 Å². The van der Waals surface area contributed by atoms with Crippen LogP contribution >= 0.6 is 0 Å². The summed E-state index contributed by atoms with van der Waals surface area (Å²) in [5, 5.41) is 2.81. The van der Waals surface area contributed by atoms with Crippen LogP contribution in [-0.4, -0.2) is 23.0 Å². The summed E-state index contributed by atoms with van der Waals surface area (Å²) in [7, 11) is 0. The lowest BCUT2D eigenvalue weighted by Crippen LogP contribution is -2.39. The summed E-state index contributed by atoms with van der Waals surface area (Å²) in [4.78, 5) is 15.6. The maximum atomic E-state index is 12.6. The number of rotatable bonds is 2. The highest BCUT2D eigenvalue weighted by molar-refractivity contribution is 5.94. The minimum Gasteiger partial charge on any atom is -0.349 e. The largest absolute Gasteiger partial charge is 0.417 e. The molecule has 120 valence electrons. The Hall–Kier alpha value is -1.63. The van der Waals surface area contributed by atoms with E-state index in [9.17, 15) is 18.0 Å². The molecule has 1 unspecified atom stereocenters. The molecule has 1 heterocycles. The molecule has 1 aromatic heterocycles. The fourth-order valence-electron chi connectivity index (χ4n) is 3.28. The minimum atomic E-state index is -4.50. The van der Waals surface area contributed by atoms with Crippen LogP contribution in [0, 0.1) is 5.41 Å². The predicted molar refractivity (Wildman–Crippen MR) is 74.0 cm³/mol. The molecule has 1 amide bonds. The first-order chi connectivity index (χ1) is 10.3. The fourth-order valence-corrected chi connectivity index (χ4v) is 3.28. The molecule has 1 aromatic rings. The van der Waals surface area contributed by atoms with E-state index in [1.807, 2.05) is 0 Å². The van der Waals surface area contributed by atoms with E-state index in [4.69, 9.17) is 5.73 Å². The predicted octanol–water partition coefficient (Wildman–Crippen LogP) is 2.49. The van der Waals surface area contributed by atoms with Crippen LogP contribution in [0.4, 0.5) is 13.2 Å². The van der Waals surface area contributed by atoms with Gasteiger partial charge in [-0.25, -0.2) is 0 Å². The Balaban J connectivity index is 1.61. The lowest BCUT2D eigenvalue weighted by molar-refractivity contribution is -0.137. The van der Waals surface area contributed by atoms with Crippen LogP contribution in [0.3, 0.4) is 0 Å². The van der Waals surface area contributed by atoms with Crippen molar-refractivity contribution in [1.82, 2.24) is 10.3 Å². The summed E-state index contributed by atoms with van der Waals surface area (Å²) in [5.41, 5.74) is 5.22. The van der Waals surface area contributed by atoms with Gasteiger partial charge in [0.15, 0.2) is 0 Å². The Bertz CT molecular complexity index is 580. The molecule has 2 saturated carbocycles. The van der Waals surface area contributed by atoms with Gasteiger partial charge in [0.1, 0.15) is 0 Å². The minimum absolute atomic E-state index is 0.000433. The molecule has 1 atom stereocenters. The number of carbonyl (C=O) groups is 1. The number of hydrogen-bond acceptors (Lipinski definition) is 3. The molecule has 22 heavy (non-hydrogen) atoms. The van der Waals surface area contributed by atoms with Gasteiger partial charge in [0, 0.05) is 24.5 Å². The second-order valence-electron chi connectivity index (χ2n) is 6.38. The Kier molecular flexibility index (Phi) is 3.63. The van der Waals surface area contributed by atoms with Gasteiger partial charge in [-0.15, -0.1) is 0 Å². The van der Waals surface area contributed by atoms with Gasteiger partial charge in [-0.1, -0.05) is 0 Å². The molecule has 3 rings (SSSR count). The average molecular weight is 313 g/mol. The summed E-state index contributed by atoms with van der Waals surface area (Å²) < 4.78 is 37.9. The van der Waals surface area contributed by atoms with Gasteiger partial charge >= 0.3 is 6.18 Å². The third-order valence-electron chi connectivity index (χ3n) is 4.90. The van der Waals surface area contributed by atoms with Gasteiger partial charge in [-0.05, 0) is 43.6 Å². The Morgan fingerprint density at radius 2 is 1.95 bits per heavy atom. The van der Waals surface area contributed by atoms with Crippen molar-refractivity contribution in [3.63, 3.8) is 0 Å². The van der Waals surface area contributed by atoms with E-state index in [0.717, 1.165) is 50.6 Å². The lowest BCUT2D eigenvalue weighted by Gasteiger charge is -2.29. The number of nitrogens with one attached hydrogen (secondary N) is 1. The summed E-state index contributed by atoms with van der Waals surface area (Å²) in [6, 6.07) is 1.11. The molecule has 0 bridgehead atoms. The first kappa shape index (κ1) is 15.3. The zero-order valence-corrected chi connectivity index (χ0v) is 12.0. The molecular weight excluding hydrogens is 295 g/mol. The van der Waals surface area contributed by atoms with E-state index < -0.39 is 17.6 Å². The Morgan fingerprint density at radius 3 is 2.50 bits per heavy atom. The maximum absolute atomic E-state index is 12.6. The quantitative estimate of drug-likeness (QED) is 0.881. The van der Waals surface area contributed by atoms with E-state index in [0.29, 0.717) is 0 Å². The van der Waals surface area contributed by atoms with Crippen LogP contribution in [0.5, 0.6) is 0 Å². The van der Waals surface area contributed by atoms with Crippen LogP contribution in [0.2, 0.25) is 0 Å². The zero-order valence-electron chi connectivity index (χ0n) is 12.0. The van der Waals surface area contributed by atoms with E-state index in [1.54, 1.807) is 0 Å². The highest BCUT2D eigenvalue weighted by atomic mass is 19.4. The molecule has 7 heteroatoms. The molecule has 1 spiro atoms. The van der Waals surface area contributed by atoms with E-state index in [-0.39, 0.29) is 23.1 Å². The Labute approximate surface area is 126 Å². The average Bonchev–Trinajstić information content (AvgIpc) is 3.10. The number of aromatic nitrogens is 1. The SMILES string of the molecule is NC1CC12CCC(NC(=O)c1cncc(C(F)(F)F)c1)CC2. The van der Waals surface area contributed by atoms with Crippen molar-refractivity contribution in [2.24, 2.45) is 11.1 Å². The third-order valence-corrected chi connectivity index (χ3v) is 4.90. The highest BCUT2D eigenvalue weighted by Gasteiger charge is 2.52. The van der Waals surface area contributed by atoms with Crippen LogP contribution in [0.15, 0.2) is 18.5 Å². The fraction of sp³-hybridized carbons (Fsp3) is 0.600. The first-order valence-corrected chi connectivity index (χ1v) is 7.39. The topological polar surface area (TPSA) is 68.0 Å². The number of hydrogen-bond donors (Lipinski definition) is 2. The highest BCUT2D eigenvalue weighted by Crippen LogP contribution is 2.55. The molecule has 0 radical (unpaired) electrons. The zero-order chi connectivity index (χ0) is 16.0. The normalized spacial score (nSPS) is 31.1. The summed E-state index contributed by atoms with van der Waals surface area (Å²) in [5.74, 6) is -0.500. The van der Waals surface area contributed by atoms with E-state index in [2.05, 4.69) is 10.3 Å². The van der Waals surface area contributed by atoms with Gasteiger partial charge in [-0.3, -0.25) is 9.78 Å². The molecule has 2 aliphatic carbocycles.